The van der Waals surface area contributed by atoms with Crippen molar-refractivity contribution < 1.29 is 4.79 Å². The van der Waals surface area contributed by atoms with Crippen LogP contribution >= 0.6 is 0 Å². The predicted molar refractivity (Wildman–Crippen MR) is 53.2 cm³/mol. The summed E-state index contributed by atoms with van der Waals surface area (Å²) in [5.74, 6) is 1.10. The molecule has 0 fully saturated rings. The Balaban J connectivity index is 3.37. The second-order valence-corrected chi connectivity index (χ2v) is 4.01. The van der Waals surface area contributed by atoms with E-state index in [4.69, 9.17) is 0 Å². The van der Waals surface area contributed by atoms with Crippen LogP contribution in [0.4, 0.5) is 0 Å². The molecule has 72 valence electrons. The Kier molecular flexibility index (Phi) is 7.12. The lowest BCUT2D eigenvalue weighted by molar-refractivity contribution is -0.111. The number of hydrogen-bond acceptors (Lipinski definition) is 1. The van der Waals surface area contributed by atoms with Gasteiger partial charge in [-0.05, 0) is 18.8 Å². The van der Waals surface area contributed by atoms with E-state index in [0.717, 1.165) is 31.5 Å². The first-order valence-electron chi connectivity index (χ1n) is 5.16. The Bertz CT molecular complexity index is 108. The Labute approximate surface area is 76.6 Å². The van der Waals surface area contributed by atoms with Gasteiger partial charge in [0.2, 0.25) is 0 Å². The van der Waals surface area contributed by atoms with Gasteiger partial charge in [0.1, 0.15) is 6.29 Å². The molecule has 0 heterocycles. The molecule has 0 radical (unpaired) electrons. The SMILES string of the molecule is CCC[C@@H](C=O)CCCC(C)C. The van der Waals surface area contributed by atoms with Crippen LogP contribution in [-0.2, 0) is 4.79 Å². The molecule has 0 unspecified atom stereocenters. The van der Waals surface area contributed by atoms with Crippen molar-refractivity contribution in [1.29, 1.82) is 0 Å². The summed E-state index contributed by atoms with van der Waals surface area (Å²) in [6.45, 7) is 6.60. The molecule has 0 aromatic rings. The first-order valence-corrected chi connectivity index (χ1v) is 5.16. The molecule has 0 aliphatic heterocycles. The fourth-order valence-corrected chi connectivity index (χ4v) is 1.44. The largest absolute Gasteiger partial charge is 0.303 e. The summed E-state index contributed by atoms with van der Waals surface area (Å²) in [7, 11) is 0. The van der Waals surface area contributed by atoms with Crippen LogP contribution in [0.25, 0.3) is 0 Å². The van der Waals surface area contributed by atoms with Crippen LogP contribution in [0.1, 0.15) is 52.9 Å². The maximum atomic E-state index is 10.6. The lowest BCUT2D eigenvalue weighted by atomic mass is 9.96. The van der Waals surface area contributed by atoms with E-state index in [0.29, 0.717) is 5.92 Å². The van der Waals surface area contributed by atoms with Gasteiger partial charge in [-0.15, -0.1) is 0 Å². The van der Waals surface area contributed by atoms with Crippen LogP contribution in [0.5, 0.6) is 0 Å². The molecular weight excluding hydrogens is 148 g/mol. The minimum atomic E-state index is 0.328. The topological polar surface area (TPSA) is 17.1 Å². The third-order valence-corrected chi connectivity index (χ3v) is 2.21. The van der Waals surface area contributed by atoms with Crippen LogP contribution in [0, 0.1) is 11.8 Å². The number of rotatable bonds is 7. The molecule has 0 aromatic carbocycles. The van der Waals surface area contributed by atoms with E-state index >= 15 is 0 Å². The fourth-order valence-electron chi connectivity index (χ4n) is 1.44. The molecular formula is C11H22O. The average molecular weight is 170 g/mol. The van der Waals surface area contributed by atoms with Crippen molar-refractivity contribution in [2.75, 3.05) is 0 Å². The smallest absolute Gasteiger partial charge is 0.123 e. The van der Waals surface area contributed by atoms with E-state index in [2.05, 4.69) is 20.8 Å². The monoisotopic (exact) mass is 170 g/mol. The number of hydrogen-bond donors (Lipinski definition) is 0. The van der Waals surface area contributed by atoms with E-state index in [1.807, 2.05) is 0 Å². The first-order chi connectivity index (χ1) is 5.70. The first kappa shape index (κ1) is 11.7. The van der Waals surface area contributed by atoms with Crippen molar-refractivity contribution in [3.63, 3.8) is 0 Å². The van der Waals surface area contributed by atoms with Crippen molar-refractivity contribution in [2.24, 2.45) is 11.8 Å². The molecule has 1 nitrogen and oxygen atoms in total. The summed E-state index contributed by atoms with van der Waals surface area (Å²) in [5.41, 5.74) is 0. The quantitative estimate of drug-likeness (QED) is 0.535. The molecule has 0 amide bonds. The highest BCUT2D eigenvalue weighted by molar-refractivity contribution is 5.53. The molecule has 0 saturated carbocycles. The second-order valence-electron chi connectivity index (χ2n) is 4.01. The Morgan fingerprint density at radius 2 is 1.83 bits per heavy atom. The Hall–Kier alpha value is -0.330. The van der Waals surface area contributed by atoms with E-state index in [1.54, 1.807) is 0 Å². The van der Waals surface area contributed by atoms with Crippen LogP contribution in [0.2, 0.25) is 0 Å². The standard InChI is InChI=1S/C11H22O/c1-4-6-11(9-12)8-5-7-10(2)3/h9-11H,4-8H2,1-3H3/t11-/m1/s1. The van der Waals surface area contributed by atoms with Crippen molar-refractivity contribution in [3.8, 4) is 0 Å². The van der Waals surface area contributed by atoms with Gasteiger partial charge < -0.3 is 4.79 Å². The number of carbonyl (C=O) groups is 1. The normalized spacial score (nSPS) is 13.3. The fraction of sp³-hybridized carbons (Fsp3) is 0.909. The number of aldehydes is 1. The predicted octanol–water partition coefficient (Wildman–Crippen LogP) is 3.43. The van der Waals surface area contributed by atoms with Crippen LogP contribution in [0.15, 0.2) is 0 Å². The van der Waals surface area contributed by atoms with Gasteiger partial charge in [0.15, 0.2) is 0 Å². The van der Waals surface area contributed by atoms with Crippen molar-refractivity contribution in [2.45, 2.75) is 52.9 Å². The highest BCUT2D eigenvalue weighted by Crippen LogP contribution is 2.14. The highest BCUT2D eigenvalue weighted by Gasteiger charge is 2.05. The lowest BCUT2D eigenvalue weighted by Gasteiger charge is -2.09. The molecule has 0 aliphatic rings. The zero-order valence-electron chi connectivity index (χ0n) is 8.68. The third-order valence-electron chi connectivity index (χ3n) is 2.21. The van der Waals surface area contributed by atoms with Crippen LogP contribution in [0.3, 0.4) is 0 Å². The zero-order valence-corrected chi connectivity index (χ0v) is 8.68. The molecule has 0 bridgehead atoms. The lowest BCUT2D eigenvalue weighted by Crippen LogP contribution is -2.02. The molecule has 0 rings (SSSR count). The average Bonchev–Trinajstić information content (AvgIpc) is 2.02. The van der Waals surface area contributed by atoms with E-state index in [-0.39, 0.29) is 0 Å². The highest BCUT2D eigenvalue weighted by atomic mass is 16.1. The van der Waals surface area contributed by atoms with Gasteiger partial charge in [-0.1, -0.05) is 40.0 Å². The minimum Gasteiger partial charge on any atom is -0.303 e. The maximum absolute atomic E-state index is 10.6. The molecule has 0 saturated heterocycles. The van der Waals surface area contributed by atoms with Crippen molar-refractivity contribution >= 4 is 6.29 Å². The maximum Gasteiger partial charge on any atom is 0.123 e. The van der Waals surface area contributed by atoms with Crippen LogP contribution < -0.4 is 0 Å². The van der Waals surface area contributed by atoms with Gasteiger partial charge in [0.05, 0.1) is 0 Å². The van der Waals surface area contributed by atoms with Gasteiger partial charge in [-0.25, -0.2) is 0 Å². The third kappa shape index (κ3) is 6.38. The number of carbonyl (C=O) groups excluding carboxylic acids is 1. The Morgan fingerprint density at radius 1 is 1.17 bits per heavy atom. The molecule has 1 heteroatoms. The molecule has 0 aromatic heterocycles. The molecule has 12 heavy (non-hydrogen) atoms. The van der Waals surface area contributed by atoms with Crippen molar-refractivity contribution in [3.05, 3.63) is 0 Å². The van der Waals surface area contributed by atoms with Gasteiger partial charge in [0.25, 0.3) is 0 Å². The summed E-state index contributed by atoms with van der Waals surface area (Å²) < 4.78 is 0. The van der Waals surface area contributed by atoms with E-state index in [1.165, 1.54) is 12.8 Å². The molecule has 1 atom stereocenters. The molecule has 0 spiro atoms. The summed E-state index contributed by atoms with van der Waals surface area (Å²) in [6.07, 6.45) is 6.89. The summed E-state index contributed by atoms with van der Waals surface area (Å²) >= 11 is 0. The second kappa shape index (κ2) is 7.33. The summed E-state index contributed by atoms with van der Waals surface area (Å²) in [6, 6.07) is 0. The van der Waals surface area contributed by atoms with Gasteiger partial charge in [0, 0.05) is 5.92 Å². The minimum absolute atomic E-state index is 0.328. The summed E-state index contributed by atoms with van der Waals surface area (Å²) in [5, 5.41) is 0. The van der Waals surface area contributed by atoms with Crippen molar-refractivity contribution in [1.82, 2.24) is 0 Å². The van der Waals surface area contributed by atoms with Gasteiger partial charge in [-0.2, -0.15) is 0 Å². The zero-order chi connectivity index (χ0) is 9.40. The summed E-state index contributed by atoms with van der Waals surface area (Å²) in [4.78, 5) is 10.6. The van der Waals surface area contributed by atoms with Gasteiger partial charge >= 0.3 is 0 Å². The van der Waals surface area contributed by atoms with E-state index in [9.17, 15) is 4.79 Å². The van der Waals surface area contributed by atoms with Crippen LogP contribution in [-0.4, -0.2) is 6.29 Å². The molecule has 0 aliphatic carbocycles. The Morgan fingerprint density at radius 3 is 2.25 bits per heavy atom. The van der Waals surface area contributed by atoms with E-state index < -0.39 is 0 Å². The van der Waals surface area contributed by atoms with Gasteiger partial charge in [-0.3, -0.25) is 0 Å². The molecule has 0 N–H and O–H groups in total.